The minimum atomic E-state index is -3.31. The number of aryl methyl sites for hydroxylation is 1. The van der Waals surface area contributed by atoms with E-state index in [-0.39, 0.29) is 0 Å². The van der Waals surface area contributed by atoms with Gasteiger partial charge in [0, 0.05) is 4.91 Å². The summed E-state index contributed by atoms with van der Waals surface area (Å²) < 4.78 is 25.7. The molecule has 2 rings (SSSR count). The van der Waals surface area contributed by atoms with E-state index < -0.39 is 9.84 Å². The molecule has 1 aromatic rings. The molecule has 2 nitrogen and oxygen atoms in total. The minimum Gasteiger partial charge on any atom is -0.219 e. The van der Waals surface area contributed by atoms with E-state index in [4.69, 9.17) is 0 Å². The molecule has 1 aromatic carbocycles. The van der Waals surface area contributed by atoms with Crippen molar-refractivity contribution in [1.29, 1.82) is 0 Å². The van der Waals surface area contributed by atoms with Gasteiger partial charge in [-0.2, -0.15) is 0 Å². The predicted octanol–water partition coefficient (Wildman–Crippen LogP) is 5.57. The highest BCUT2D eigenvalue weighted by Crippen LogP contribution is 2.26. The Morgan fingerprint density at radius 1 is 0.773 bits per heavy atom. The fraction of sp³-hybridized carbons (Fsp3) is 0.579. The topological polar surface area (TPSA) is 34.1 Å². The Hall–Kier alpha value is -1.09. The van der Waals surface area contributed by atoms with Gasteiger partial charge in [-0.15, -0.1) is 0 Å². The van der Waals surface area contributed by atoms with Gasteiger partial charge in [-0.3, -0.25) is 0 Å². The van der Waals surface area contributed by atoms with Gasteiger partial charge in [0.15, 0.2) is 0 Å². The largest absolute Gasteiger partial charge is 0.219 e. The van der Waals surface area contributed by atoms with Crippen LogP contribution in [0.1, 0.15) is 69.8 Å². The summed E-state index contributed by atoms with van der Waals surface area (Å²) in [4.78, 5) is 1.08. The molecule has 0 amide bonds. The summed E-state index contributed by atoms with van der Waals surface area (Å²) >= 11 is 0. The van der Waals surface area contributed by atoms with Crippen molar-refractivity contribution in [2.45, 2.75) is 76.0 Å². The van der Waals surface area contributed by atoms with E-state index in [1.54, 1.807) is 12.1 Å². The number of benzene rings is 1. The molecule has 1 aliphatic rings. The fourth-order valence-corrected chi connectivity index (χ4v) is 4.53. The van der Waals surface area contributed by atoms with E-state index in [1.165, 1.54) is 32.1 Å². The number of rotatable bonds is 2. The maximum Gasteiger partial charge on any atom is 0.202 e. The van der Waals surface area contributed by atoms with Crippen molar-refractivity contribution in [1.82, 2.24) is 0 Å². The zero-order valence-corrected chi connectivity index (χ0v) is 14.5. The van der Waals surface area contributed by atoms with Crippen LogP contribution in [0.15, 0.2) is 40.1 Å². The summed E-state index contributed by atoms with van der Waals surface area (Å²) in [6.45, 7) is 1.98. The van der Waals surface area contributed by atoms with Gasteiger partial charge in [0.1, 0.15) is 0 Å². The Kier molecular flexibility index (Phi) is 6.69. The lowest BCUT2D eigenvalue weighted by Gasteiger charge is -2.11. The molecule has 0 heterocycles. The van der Waals surface area contributed by atoms with Gasteiger partial charge in [-0.05, 0) is 44.7 Å². The lowest BCUT2D eigenvalue weighted by atomic mass is 10.0. The Bertz CT molecular complexity index is 582. The molecule has 1 aliphatic carbocycles. The molecule has 0 saturated carbocycles. The van der Waals surface area contributed by atoms with E-state index in [2.05, 4.69) is 0 Å². The fourth-order valence-electron chi connectivity index (χ4n) is 2.98. The lowest BCUT2D eigenvalue weighted by Crippen LogP contribution is -2.06. The SMILES string of the molecule is Cc1ccc(S(=O)(=O)/C2=C\CCCCCCCCCC2)cc1. The van der Waals surface area contributed by atoms with Crippen LogP contribution in [0.2, 0.25) is 0 Å². The highest BCUT2D eigenvalue weighted by Gasteiger charge is 2.20. The van der Waals surface area contributed by atoms with Crippen LogP contribution >= 0.6 is 0 Å². The summed E-state index contributed by atoms with van der Waals surface area (Å²) in [5, 5.41) is 0. The molecule has 0 spiro atoms. The van der Waals surface area contributed by atoms with Gasteiger partial charge in [0.05, 0.1) is 4.90 Å². The molecule has 22 heavy (non-hydrogen) atoms. The summed E-state index contributed by atoms with van der Waals surface area (Å²) in [5.41, 5.74) is 1.09. The smallest absolute Gasteiger partial charge is 0.202 e. The van der Waals surface area contributed by atoms with E-state index in [0.29, 0.717) is 16.2 Å². The third kappa shape index (κ3) is 4.98. The molecular weight excluding hydrogens is 292 g/mol. The lowest BCUT2D eigenvalue weighted by molar-refractivity contribution is 0.561. The Labute approximate surface area is 135 Å². The van der Waals surface area contributed by atoms with E-state index in [1.807, 2.05) is 25.1 Å². The molecule has 0 aliphatic heterocycles. The van der Waals surface area contributed by atoms with E-state index in [0.717, 1.165) is 31.2 Å². The maximum absolute atomic E-state index is 12.8. The first-order chi connectivity index (χ1) is 10.6. The van der Waals surface area contributed by atoms with Crippen LogP contribution in [0, 0.1) is 6.92 Å². The highest BCUT2D eigenvalue weighted by atomic mass is 32.2. The molecule has 122 valence electrons. The molecular formula is C19H28O2S. The predicted molar refractivity (Wildman–Crippen MR) is 92.6 cm³/mol. The second-order valence-corrected chi connectivity index (χ2v) is 8.36. The van der Waals surface area contributed by atoms with Crippen LogP contribution in [0.4, 0.5) is 0 Å². The van der Waals surface area contributed by atoms with Gasteiger partial charge in [0.2, 0.25) is 9.84 Å². The standard InChI is InChI=1S/C19H28O2S/c1-17-13-15-19(16-14-17)22(20,21)18-11-9-7-5-3-2-4-6-8-10-12-18/h11,13-16H,2-10,12H2,1H3/b18-11-. The third-order valence-electron chi connectivity index (χ3n) is 4.43. The number of sulfone groups is 1. The molecule has 3 heteroatoms. The van der Waals surface area contributed by atoms with Crippen LogP contribution < -0.4 is 0 Å². The second-order valence-electron chi connectivity index (χ2n) is 6.35. The summed E-state index contributed by atoms with van der Waals surface area (Å²) in [6.07, 6.45) is 13.2. The van der Waals surface area contributed by atoms with Crippen molar-refractivity contribution in [2.24, 2.45) is 0 Å². The van der Waals surface area contributed by atoms with Crippen molar-refractivity contribution in [2.75, 3.05) is 0 Å². The molecule has 0 fully saturated rings. The van der Waals surface area contributed by atoms with Crippen LogP contribution in [0.25, 0.3) is 0 Å². The Morgan fingerprint density at radius 3 is 1.95 bits per heavy atom. The van der Waals surface area contributed by atoms with Crippen molar-refractivity contribution in [3.63, 3.8) is 0 Å². The second kappa shape index (κ2) is 8.52. The van der Waals surface area contributed by atoms with Crippen molar-refractivity contribution in [3.8, 4) is 0 Å². The quantitative estimate of drug-likeness (QED) is 0.714. The molecule has 0 aromatic heterocycles. The van der Waals surface area contributed by atoms with E-state index >= 15 is 0 Å². The van der Waals surface area contributed by atoms with Crippen molar-refractivity contribution >= 4 is 9.84 Å². The molecule has 0 unspecified atom stereocenters. The monoisotopic (exact) mass is 320 g/mol. The first-order valence-corrected chi connectivity index (χ1v) is 10.1. The molecule has 0 bridgehead atoms. The normalized spacial score (nSPS) is 21.2. The van der Waals surface area contributed by atoms with Crippen LogP contribution in [0.5, 0.6) is 0 Å². The van der Waals surface area contributed by atoms with Crippen molar-refractivity contribution in [3.05, 3.63) is 40.8 Å². The zero-order valence-electron chi connectivity index (χ0n) is 13.7. The molecule has 0 radical (unpaired) electrons. The number of hydrogen-bond donors (Lipinski definition) is 0. The highest BCUT2D eigenvalue weighted by molar-refractivity contribution is 7.95. The average Bonchev–Trinajstić information content (AvgIpc) is 2.48. The van der Waals surface area contributed by atoms with Gasteiger partial charge < -0.3 is 0 Å². The Morgan fingerprint density at radius 2 is 1.32 bits per heavy atom. The minimum absolute atomic E-state index is 0.441. The first kappa shape index (κ1) is 17.3. The maximum atomic E-state index is 12.8. The summed E-state index contributed by atoms with van der Waals surface area (Å²) in [7, 11) is -3.31. The summed E-state index contributed by atoms with van der Waals surface area (Å²) in [5.74, 6) is 0. The third-order valence-corrected chi connectivity index (χ3v) is 6.38. The van der Waals surface area contributed by atoms with Gasteiger partial charge in [-0.1, -0.05) is 62.3 Å². The summed E-state index contributed by atoms with van der Waals surface area (Å²) in [6, 6.07) is 7.23. The van der Waals surface area contributed by atoms with Crippen LogP contribution in [-0.2, 0) is 9.84 Å². The van der Waals surface area contributed by atoms with Gasteiger partial charge in [-0.25, -0.2) is 8.42 Å². The number of hydrogen-bond acceptors (Lipinski definition) is 2. The van der Waals surface area contributed by atoms with E-state index in [9.17, 15) is 8.42 Å². The van der Waals surface area contributed by atoms with Gasteiger partial charge >= 0.3 is 0 Å². The molecule has 0 atom stereocenters. The Balaban J connectivity index is 2.18. The van der Waals surface area contributed by atoms with Crippen molar-refractivity contribution < 1.29 is 8.42 Å². The number of allylic oxidation sites excluding steroid dienone is 2. The van der Waals surface area contributed by atoms with Crippen LogP contribution in [0.3, 0.4) is 0 Å². The molecule has 0 saturated heterocycles. The molecule has 0 N–H and O–H groups in total. The van der Waals surface area contributed by atoms with Gasteiger partial charge in [0.25, 0.3) is 0 Å². The zero-order chi connectivity index (χ0) is 15.8. The van der Waals surface area contributed by atoms with Crippen LogP contribution in [-0.4, -0.2) is 8.42 Å². The average molecular weight is 320 g/mol. The first-order valence-electron chi connectivity index (χ1n) is 8.61.